The van der Waals surface area contributed by atoms with Crippen molar-refractivity contribution in [2.75, 3.05) is 26.9 Å². The maximum absolute atomic E-state index is 16.2. The van der Waals surface area contributed by atoms with E-state index in [-0.39, 0.29) is 109 Å². The number of esters is 2. The Hall–Kier alpha value is -7.67. The molecule has 3 N–H and O–H groups in total. The van der Waals surface area contributed by atoms with E-state index in [1.807, 2.05) is 6.07 Å². The van der Waals surface area contributed by atoms with Crippen LogP contribution < -0.4 is 10.4 Å². The van der Waals surface area contributed by atoms with Crippen molar-refractivity contribution in [2.24, 2.45) is 35.5 Å². The van der Waals surface area contributed by atoms with Gasteiger partial charge in [-0.05, 0) is 191 Å². The van der Waals surface area contributed by atoms with Crippen LogP contribution in [0.25, 0.3) is 34.8 Å². The number of aliphatic hydroxyl groups excluding tert-OH is 3. The van der Waals surface area contributed by atoms with Gasteiger partial charge in [0.1, 0.15) is 11.3 Å². The molecule has 6 bridgehead atoms. The van der Waals surface area contributed by atoms with Crippen molar-refractivity contribution < 1.29 is 48.3 Å². The lowest BCUT2D eigenvalue weighted by Crippen LogP contribution is -2.62. The van der Waals surface area contributed by atoms with Crippen LogP contribution in [0.1, 0.15) is 180 Å². The second-order valence-corrected chi connectivity index (χ2v) is 27.6. The number of ether oxygens (including phenoxy) is 4. The molecule has 5 aromatic carbocycles. The highest BCUT2D eigenvalue weighted by Gasteiger charge is 2.65. The van der Waals surface area contributed by atoms with Crippen molar-refractivity contribution in [1.29, 1.82) is 0 Å². The van der Waals surface area contributed by atoms with Crippen molar-refractivity contribution in [3.63, 3.8) is 0 Å². The van der Waals surface area contributed by atoms with Crippen molar-refractivity contribution in [3.05, 3.63) is 227 Å². The minimum Gasteiger partial charge on any atom is -0.482 e. The number of benzene rings is 5. The summed E-state index contributed by atoms with van der Waals surface area (Å²) in [6, 6.07) is 34.8. The third-order valence-electron chi connectivity index (χ3n) is 23.5. The first-order valence-corrected chi connectivity index (χ1v) is 33.2. The summed E-state index contributed by atoms with van der Waals surface area (Å²) in [5.41, 5.74) is 12.8. The van der Waals surface area contributed by atoms with Crippen LogP contribution in [0.3, 0.4) is 0 Å². The molecule has 2 spiro atoms. The molecule has 14 unspecified atom stereocenters. The normalized spacial score (nSPS) is 31.5. The van der Waals surface area contributed by atoms with Gasteiger partial charge in [0.25, 0.3) is 0 Å². The van der Waals surface area contributed by atoms with Crippen LogP contribution in [-0.2, 0) is 42.2 Å². The summed E-state index contributed by atoms with van der Waals surface area (Å²) in [6.45, 7) is 0.695. The zero-order chi connectivity index (χ0) is 61.2. The molecular formula is C79H78O11. The molecule has 0 saturated heterocycles. The molecule has 11 nitrogen and oxygen atoms in total. The Kier molecular flexibility index (Phi) is 14.4. The van der Waals surface area contributed by atoms with E-state index in [1.165, 1.54) is 51.6 Å². The lowest BCUT2D eigenvalue weighted by molar-refractivity contribution is -0.212. The lowest BCUT2D eigenvalue weighted by Gasteiger charge is -2.54. The second-order valence-electron chi connectivity index (χ2n) is 27.6. The number of carbonyl (C=O) groups is 2. The minimum atomic E-state index is -1.36. The van der Waals surface area contributed by atoms with Crippen LogP contribution in [0, 0.1) is 35.5 Å². The summed E-state index contributed by atoms with van der Waals surface area (Å²) in [5.74, 6) is -1.03. The number of hydrogen-bond acceptors (Lipinski definition) is 11. The first kappa shape index (κ1) is 57.5. The molecule has 3 fully saturated rings. The molecule has 6 aromatic rings. The predicted octanol–water partition coefficient (Wildman–Crippen LogP) is 14.2. The highest BCUT2D eigenvalue weighted by molar-refractivity contribution is 5.91. The fraction of sp³-hybridized carbons (Fsp3) is 0.405. The lowest BCUT2D eigenvalue weighted by atomic mass is 9.48. The monoisotopic (exact) mass is 1200 g/mol. The van der Waals surface area contributed by atoms with Crippen molar-refractivity contribution >= 4 is 46.7 Å². The molecule has 3 saturated carbocycles. The Labute approximate surface area is 525 Å². The molecule has 12 aliphatic rings. The summed E-state index contributed by atoms with van der Waals surface area (Å²) in [6.07, 6.45) is 26.5. The molecule has 0 amide bonds. The maximum atomic E-state index is 16.2. The molecule has 14 atom stereocenters. The number of carbonyl (C=O) groups excluding carboxylic acids is 2. The van der Waals surface area contributed by atoms with Crippen LogP contribution >= 0.6 is 0 Å². The van der Waals surface area contributed by atoms with E-state index < -0.39 is 47.9 Å². The molecule has 1 aromatic heterocycles. The molecular weight excluding hydrogens is 1120 g/mol. The number of fused-ring (bicyclic) bond motifs is 17. The average Bonchev–Trinajstić information content (AvgIpc) is 0.955. The highest BCUT2D eigenvalue weighted by Crippen LogP contribution is 2.65. The number of rotatable bonds is 7. The quantitative estimate of drug-likeness (QED) is 0.0604. The van der Waals surface area contributed by atoms with Gasteiger partial charge in [-0.15, -0.1) is 0 Å². The van der Waals surface area contributed by atoms with E-state index >= 15 is 9.59 Å². The SMILES string of the molecule is COCC(CCO)c1c(CO)c2ccc3c(c2oc1=O)C1OC(=O)CC2CC4C=CC2c2ccc(cc2C=CC2=CC5CCCC6C=Cc7ccccc7C65c5cccc4c52)CCC(=C(C)CO)C(=O)OC1C1(CCCC2C4C=Cc5ccccc5C4CC21)O3. The van der Waals surface area contributed by atoms with Gasteiger partial charge in [-0.25, -0.2) is 9.59 Å². The molecule has 11 heteroatoms. The third kappa shape index (κ3) is 8.83. The largest absolute Gasteiger partial charge is 0.482 e. The van der Waals surface area contributed by atoms with Crippen molar-refractivity contribution in [2.45, 2.75) is 137 Å². The summed E-state index contributed by atoms with van der Waals surface area (Å²) >= 11 is 0. The minimum absolute atomic E-state index is 0.00785. The fourth-order valence-electron chi connectivity index (χ4n) is 19.7. The number of aliphatic hydroxyl groups is 3. The van der Waals surface area contributed by atoms with Gasteiger partial charge in [-0.2, -0.15) is 0 Å². The van der Waals surface area contributed by atoms with Crippen LogP contribution in [0.15, 0.2) is 154 Å². The number of aryl methyl sites for hydroxylation is 1. The predicted molar refractivity (Wildman–Crippen MR) is 346 cm³/mol. The van der Waals surface area contributed by atoms with E-state index in [2.05, 4.69) is 140 Å². The van der Waals surface area contributed by atoms with Gasteiger partial charge in [0.05, 0.1) is 25.4 Å². The second kappa shape index (κ2) is 22.6. The first-order chi connectivity index (χ1) is 44.0. The van der Waals surface area contributed by atoms with Gasteiger partial charge in [0.2, 0.25) is 0 Å². The Morgan fingerprint density at radius 2 is 1.58 bits per heavy atom. The van der Waals surface area contributed by atoms with Crippen LogP contribution in [0.4, 0.5) is 0 Å². The van der Waals surface area contributed by atoms with Gasteiger partial charge in [-0.3, -0.25) is 4.79 Å². The molecule has 460 valence electrons. The van der Waals surface area contributed by atoms with E-state index in [1.54, 1.807) is 13.0 Å². The molecule has 18 rings (SSSR count). The Bertz CT molecular complexity index is 4190. The average molecular weight is 1200 g/mol. The highest BCUT2D eigenvalue weighted by atomic mass is 16.6. The van der Waals surface area contributed by atoms with Gasteiger partial charge >= 0.3 is 17.6 Å². The summed E-state index contributed by atoms with van der Waals surface area (Å²) < 4.78 is 34.3. The molecule has 9 aliphatic carbocycles. The molecule has 3 aliphatic heterocycles. The topological polar surface area (TPSA) is 162 Å². The summed E-state index contributed by atoms with van der Waals surface area (Å²) in [4.78, 5) is 46.9. The zero-order valence-corrected chi connectivity index (χ0v) is 51.3. The van der Waals surface area contributed by atoms with E-state index in [0.29, 0.717) is 53.0 Å². The van der Waals surface area contributed by atoms with Gasteiger partial charge < -0.3 is 38.7 Å². The van der Waals surface area contributed by atoms with Crippen LogP contribution in [0.2, 0.25) is 0 Å². The number of allylic oxidation sites excluding steroid dienone is 7. The van der Waals surface area contributed by atoms with Crippen LogP contribution in [0.5, 0.6) is 5.75 Å². The van der Waals surface area contributed by atoms with Crippen molar-refractivity contribution in [1.82, 2.24) is 0 Å². The summed E-state index contributed by atoms with van der Waals surface area (Å²) in [5, 5.41) is 33.1. The smallest absolute Gasteiger partial charge is 0.340 e. The van der Waals surface area contributed by atoms with Crippen molar-refractivity contribution in [3.8, 4) is 5.75 Å². The first-order valence-electron chi connectivity index (χ1n) is 33.2. The van der Waals surface area contributed by atoms with E-state index in [4.69, 9.17) is 23.4 Å². The molecule has 4 heterocycles. The Morgan fingerprint density at radius 3 is 2.43 bits per heavy atom. The zero-order valence-electron chi connectivity index (χ0n) is 51.3. The van der Waals surface area contributed by atoms with E-state index in [9.17, 15) is 20.1 Å². The Morgan fingerprint density at radius 1 is 0.756 bits per heavy atom. The molecule has 90 heavy (non-hydrogen) atoms. The fourth-order valence-corrected chi connectivity index (χ4v) is 19.7. The van der Waals surface area contributed by atoms with Gasteiger partial charge in [-0.1, -0.05) is 146 Å². The maximum Gasteiger partial charge on any atom is 0.340 e. The molecule has 0 radical (unpaired) electrons. The summed E-state index contributed by atoms with van der Waals surface area (Å²) in [7, 11) is 1.52. The number of methoxy groups -OCH3 is 1. The van der Waals surface area contributed by atoms with Gasteiger partial charge in [0, 0.05) is 65.7 Å². The Balaban J connectivity index is 0.886. The standard InChI is InChI=1S/C79H78O11/c1-44(41-81)55-27-19-45-20-28-57-48(36-45)21-22-50-38-54-13-7-12-53-26-23-47-11-4-6-17-65(47)79(53,54)66-18-8-15-59(70(50)66)49-25-29-58(57)52(37-49)39-69(83)87-74-72-68(32-31-62-64(42-82)71(77(85)88-73(62)72)51(33-35-80)43-86-2)90-78(75(74)89-76(55)84)34-9-16-61-60-30-24-46-10-3-5-14-56(46)63(60)40-67(61)78/h3-6,8,10-11,14-15,17-18,20-26,28-32,36,38,49,51-54,58,60-61,63,67,74-75,80-82H,7,9,12-13,16,19,27,33-35,37,39-43H2,1-2H3. The number of hydrogen-bond donors (Lipinski definition) is 3. The van der Waals surface area contributed by atoms with E-state index in [0.717, 1.165) is 55.2 Å². The van der Waals surface area contributed by atoms with Crippen LogP contribution in [-0.4, -0.2) is 65.9 Å². The van der Waals surface area contributed by atoms with Gasteiger partial charge in [0.15, 0.2) is 17.8 Å². The third-order valence-corrected chi connectivity index (χ3v) is 23.5.